The number of urea groups is 1. The van der Waals surface area contributed by atoms with E-state index in [-0.39, 0.29) is 12.6 Å². The predicted octanol–water partition coefficient (Wildman–Crippen LogP) is 0.999. The largest absolute Gasteiger partial charge is 0.394 e. The summed E-state index contributed by atoms with van der Waals surface area (Å²) in [6.45, 7) is 3.89. The van der Waals surface area contributed by atoms with E-state index in [1.807, 2.05) is 13.8 Å². The third-order valence-corrected chi connectivity index (χ3v) is 2.48. The molecule has 0 aromatic carbocycles. The molecule has 0 bridgehead atoms. The first kappa shape index (κ1) is 11.3. The highest BCUT2D eigenvalue weighted by Crippen LogP contribution is 2.19. The van der Waals surface area contributed by atoms with E-state index in [0.29, 0.717) is 6.04 Å². The Labute approximate surface area is 85.1 Å². The number of hydrogen-bond donors (Lipinski definition) is 3. The van der Waals surface area contributed by atoms with Crippen LogP contribution in [0.4, 0.5) is 4.79 Å². The van der Waals surface area contributed by atoms with Gasteiger partial charge >= 0.3 is 6.03 Å². The van der Waals surface area contributed by atoms with Gasteiger partial charge in [0.1, 0.15) is 0 Å². The van der Waals surface area contributed by atoms with E-state index in [9.17, 15) is 9.90 Å². The van der Waals surface area contributed by atoms with Crippen LogP contribution in [0.2, 0.25) is 0 Å². The molecule has 4 nitrogen and oxygen atoms in total. The minimum atomic E-state index is -0.478. The van der Waals surface area contributed by atoms with Crippen molar-refractivity contribution in [1.29, 1.82) is 0 Å². The minimum Gasteiger partial charge on any atom is -0.394 e. The summed E-state index contributed by atoms with van der Waals surface area (Å²) in [7, 11) is 0. The van der Waals surface area contributed by atoms with Gasteiger partial charge in [-0.25, -0.2) is 4.79 Å². The molecule has 3 N–H and O–H groups in total. The second-order valence-electron chi connectivity index (χ2n) is 4.34. The van der Waals surface area contributed by atoms with Crippen LogP contribution in [0.25, 0.3) is 0 Å². The Hall–Kier alpha value is -0.770. The van der Waals surface area contributed by atoms with Crippen LogP contribution in [0, 0.1) is 0 Å². The molecule has 0 aromatic heterocycles. The number of aliphatic hydroxyl groups is 1. The zero-order chi connectivity index (χ0) is 10.6. The van der Waals surface area contributed by atoms with E-state index < -0.39 is 5.54 Å². The third-order valence-electron chi connectivity index (χ3n) is 2.48. The summed E-state index contributed by atoms with van der Waals surface area (Å²) < 4.78 is 0. The molecule has 0 aromatic rings. The SMILES string of the molecule is CCC[C@@](C)(CO)NC(=O)NC1CC1. The molecule has 0 radical (unpaired) electrons. The van der Waals surface area contributed by atoms with E-state index in [2.05, 4.69) is 10.6 Å². The molecule has 1 rings (SSSR count). The van der Waals surface area contributed by atoms with Crippen LogP contribution in [-0.4, -0.2) is 29.3 Å². The molecular formula is C10H20N2O2. The molecule has 1 atom stereocenters. The standard InChI is InChI=1S/C10H20N2O2/c1-3-6-10(2,7-13)12-9(14)11-8-4-5-8/h8,13H,3-7H2,1-2H3,(H2,11,12,14)/t10-/m0/s1. The number of carbonyl (C=O) groups excluding carboxylic acids is 1. The summed E-state index contributed by atoms with van der Waals surface area (Å²) >= 11 is 0. The molecule has 0 saturated heterocycles. The molecule has 2 amide bonds. The van der Waals surface area contributed by atoms with Crippen molar-refractivity contribution in [3.8, 4) is 0 Å². The number of amides is 2. The van der Waals surface area contributed by atoms with Crippen molar-refractivity contribution in [2.24, 2.45) is 0 Å². The first-order chi connectivity index (χ1) is 6.59. The van der Waals surface area contributed by atoms with Crippen LogP contribution in [0.15, 0.2) is 0 Å². The molecule has 1 aliphatic carbocycles. The van der Waals surface area contributed by atoms with E-state index in [4.69, 9.17) is 0 Å². The summed E-state index contributed by atoms with van der Waals surface area (Å²) in [6.07, 6.45) is 3.90. The number of hydrogen-bond acceptors (Lipinski definition) is 2. The quantitative estimate of drug-likeness (QED) is 0.620. The van der Waals surface area contributed by atoms with Gasteiger partial charge in [-0.1, -0.05) is 13.3 Å². The molecule has 0 aliphatic heterocycles. The Morgan fingerprint density at radius 2 is 2.21 bits per heavy atom. The maximum Gasteiger partial charge on any atom is 0.315 e. The minimum absolute atomic E-state index is 0.0150. The summed E-state index contributed by atoms with van der Waals surface area (Å²) in [5, 5.41) is 14.8. The monoisotopic (exact) mass is 200 g/mol. The Bertz CT molecular complexity index is 204. The zero-order valence-electron chi connectivity index (χ0n) is 8.97. The second kappa shape index (κ2) is 4.64. The molecule has 0 heterocycles. The molecular weight excluding hydrogens is 180 g/mol. The molecule has 1 fully saturated rings. The zero-order valence-corrected chi connectivity index (χ0v) is 8.97. The normalized spacial score (nSPS) is 19.9. The van der Waals surface area contributed by atoms with Gasteiger partial charge in [0.2, 0.25) is 0 Å². The fourth-order valence-corrected chi connectivity index (χ4v) is 1.46. The van der Waals surface area contributed by atoms with Crippen LogP contribution in [-0.2, 0) is 0 Å². The lowest BCUT2D eigenvalue weighted by Crippen LogP contribution is -2.52. The smallest absolute Gasteiger partial charge is 0.315 e. The van der Waals surface area contributed by atoms with Gasteiger partial charge in [0.05, 0.1) is 12.1 Å². The summed E-state index contributed by atoms with van der Waals surface area (Å²) in [5.74, 6) is 0. The number of nitrogens with one attached hydrogen (secondary N) is 2. The highest BCUT2D eigenvalue weighted by Gasteiger charge is 2.28. The summed E-state index contributed by atoms with van der Waals surface area (Å²) in [5.41, 5.74) is -0.478. The lowest BCUT2D eigenvalue weighted by Gasteiger charge is -2.28. The van der Waals surface area contributed by atoms with Crippen molar-refractivity contribution in [2.45, 2.75) is 51.1 Å². The Balaban J connectivity index is 2.33. The van der Waals surface area contributed by atoms with Crippen molar-refractivity contribution in [1.82, 2.24) is 10.6 Å². The maximum absolute atomic E-state index is 11.4. The van der Waals surface area contributed by atoms with Crippen LogP contribution < -0.4 is 10.6 Å². The van der Waals surface area contributed by atoms with E-state index >= 15 is 0 Å². The van der Waals surface area contributed by atoms with Crippen LogP contribution in [0.1, 0.15) is 39.5 Å². The molecule has 0 unspecified atom stereocenters. The second-order valence-corrected chi connectivity index (χ2v) is 4.34. The van der Waals surface area contributed by atoms with E-state index in [1.54, 1.807) is 0 Å². The fourth-order valence-electron chi connectivity index (χ4n) is 1.46. The molecule has 14 heavy (non-hydrogen) atoms. The lowest BCUT2D eigenvalue weighted by atomic mass is 9.98. The van der Waals surface area contributed by atoms with Crippen LogP contribution in [0.5, 0.6) is 0 Å². The van der Waals surface area contributed by atoms with Crippen LogP contribution >= 0.6 is 0 Å². The van der Waals surface area contributed by atoms with Gasteiger partial charge < -0.3 is 15.7 Å². The molecule has 1 aliphatic rings. The van der Waals surface area contributed by atoms with Gasteiger partial charge in [0.15, 0.2) is 0 Å². The lowest BCUT2D eigenvalue weighted by molar-refractivity contribution is 0.163. The highest BCUT2D eigenvalue weighted by molar-refractivity contribution is 5.75. The van der Waals surface area contributed by atoms with Gasteiger partial charge in [0, 0.05) is 6.04 Å². The van der Waals surface area contributed by atoms with Crippen LogP contribution in [0.3, 0.4) is 0 Å². The Morgan fingerprint density at radius 3 is 2.64 bits per heavy atom. The van der Waals surface area contributed by atoms with Gasteiger partial charge in [-0.05, 0) is 26.2 Å². The Morgan fingerprint density at radius 1 is 1.57 bits per heavy atom. The topological polar surface area (TPSA) is 61.4 Å². The van der Waals surface area contributed by atoms with Crippen molar-refractivity contribution in [2.75, 3.05) is 6.61 Å². The Kier molecular flexibility index (Phi) is 3.75. The number of aliphatic hydroxyl groups excluding tert-OH is 1. The molecule has 0 spiro atoms. The highest BCUT2D eigenvalue weighted by atomic mass is 16.3. The third kappa shape index (κ3) is 3.54. The maximum atomic E-state index is 11.4. The van der Waals surface area contributed by atoms with Crippen molar-refractivity contribution >= 4 is 6.03 Å². The molecule has 82 valence electrons. The fraction of sp³-hybridized carbons (Fsp3) is 0.900. The van der Waals surface area contributed by atoms with Gasteiger partial charge in [-0.15, -0.1) is 0 Å². The van der Waals surface area contributed by atoms with Gasteiger partial charge in [0.25, 0.3) is 0 Å². The average Bonchev–Trinajstić information content (AvgIpc) is 2.88. The van der Waals surface area contributed by atoms with E-state index in [1.165, 1.54) is 0 Å². The summed E-state index contributed by atoms with van der Waals surface area (Å²) in [6, 6.07) is 0.206. The predicted molar refractivity (Wildman–Crippen MR) is 55.1 cm³/mol. The number of rotatable bonds is 5. The van der Waals surface area contributed by atoms with Gasteiger partial charge in [-0.3, -0.25) is 0 Å². The van der Waals surface area contributed by atoms with Crippen molar-refractivity contribution in [3.63, 3.8) is 0 Å². The molecule has 4 heteroatoms. The summed E-state index contributed by atoms with van der Waals surface area (Å²) in [4.78, 5) is 11.4. The first-order valence-electron chi connectivity index (χ1n) is 5.29. The van der Waals surface area contributed by atoms with Gasteiger partial charge in [-0.2, -0.15) is 0 Å². The first-order valence-corrected chi connectivity index (χ1v) is 5.29. The van der Waals surface area contributed by atoms with Crippen molar-refractivity contribution < 1.29 is 9.90 Å². The average molecular weight is 200 g/mol. The number of carbonyl (C=O) groups is 1. The molecule has 1 saturated carbocycles. The van der Waals surface area contributed by atoms with E-state index in [0.717, 1.165) is 25.7 Å². The van der Waals surface area contributed by atoms with Crippen molar-refractivity contribution in [3.05, 3.63) is 0 Å².